The van der Waals surface area contributed by atoms with Crippen LogP contribution >= 0.6 is 0 Å². The topological polar surface area (TPSA) is 46.5 Å². The molecule has 1 aliphatic heterocycles. The van der Waals surface area contributed by atoms with Crippen molar-refractivity contribution < 1.29 is 19.0 Å². The van der Waals surface area contributed by atoms with Crippen LogP contribution in [0.4, 0.5) is 4.39 Å². The SMILES string of the molecule is CC(C(=O)O)C1CCOc2cc(F)ccc21. The molecule has 2 atom stereocenters. The summed E-state index contributed by atoms with van der Waals surface area (Å²) in [6, 6.07) is 4.28. The molecular weight excluding hydrogens is 211 g/mol. The van der Waals surface area contributed by atoms with Crippen LogP contribution in [0.3, 0.4) is 0 Å². The number of hydrogen-bond acceptors (Lipinski definition) is 2. The van der Waals surface area contributed by atoms with Gasteiger partial charge in [0, 0.05) is 12.0 Å². The molecule has 0 spiro atoms. The Morgan fingerprint density at radius 2 is 2.38 bits per heavy atom. The van der Waals surface area contributed by atoms with Crippen molar-refractivity contribution in [2.24, 2.45) is 5.92 Å². The molecule has 1 heterocycles. The Kier molecular flexibility index (Phi) is 2.81. The summed E-state index contributed by atoms with van der Waals surface area (Å²) in [7, 11) is 0. The number of benzene rings is 1. The number of ether oxygens (including phenoxy) is 1. The number of halogens is 1. The molecule has 0 aromatic heterocycles. The summed E-state index contributed by atoms with van der Waals surface area (Å²) in [5.41, 5.74) is 0.794. The van der Waals surface area contributed by atoms with Crippen LogP contribution in [0.25, 0.3) is 0 Å². The van der Waals surface area contributed by atoms with Crippen LogP contribution in [-0.2, 0) is 4.79 Å². The number of carboxylic acids is 1. The minimum atomic E-state index is -0.831. The lowest BCUT2D eigenvalue weighted by molar-refractivity contribution is -0.142. The highest BCUT2D eigenvalue weighted by Gasteiger charge is 2.30. The van der Waals surface area contributed by atoms with E-state index in [0.717, 1.165) is 5.56 Å². The van der Waals surface area contributed by atoms with E-state index in [-0.39, 0.29) is 11.7 Å². The van der Waals surface area contributed by atoms with Gasteiger partial charge >= 0.3 is 5.97 Å². The molecule has 0 saturated heterocycles. The van der Waals surface area contributed by atoms with E-state index in [4.69, 9.17) is 9.84 Å². The Hall–Kier alpha value is -1.58. The normalized spacial score (nSPS) is 20.8. The number of hydrogen-bond donors (Lipinski definition) is 1. The third-order valence-electron chi connectivity index (χ3n) is 3.05. The molecule has 0 bridgehead atoms. The number of aliphatic carboxylic acids is 1. The maximum absolute atomic E-state index is 13.0. The van der Waals surface area contributed by atoms with Crippen LogP contribution in [-0.4, -0.2) is 17.7 Å². The standard InChI is InChI=1S/C12H13FO3/c1-7(12(14)15)9-4-5-16-11-6-8(13)2-3-10(9)11/h2-3,6-7,9H,4-5H2,1H3,(H,14,15). The molecule has 86 valence electrons. The summed E-state index contributed by atoms with van der Waals surface area (Å²) in [6.45, 7) is 2.12. The molecule has 1 aliphatic rings. The fraction of sp³-hybridized carbons (Fsp3) is 0.417. The summed E-state index contributed by atoms with van der Waals surface area (Å²) in [5, 5.41) is 9.00. The molecule has 4 heteroatoms. The van der Waals surface area contributed by atoms with Crippen LogP contribution in [0.5, 0.6) is 5.75 Å². The molecule has 0 radical (unpaired) electrons. The largest absolute Gasteiger partial charge is 0.493 e. The van der Waals surface area contributed by atoms with Gasteiger partial charge in [-0.3, -0.25) is 4.79 Å². The Bertz CT molecular complexity index is 417. The quantitative estimate of drug-likeness (QED) is 0.839. The minimum Gasteiger partial charge on any atom is -0.493 e. The lowest BCUT2D eigenvalue weighted by Crippen LogP contribution is -2.24. The van der Waals surface area contributed by atoms with Crippen LogP contribution in [0.2, 0.25) is 0 Å². The van der Waals surface area contributed by atoms with E-state index in [0.29, 0.717) is 18.8 Å². The van der Waals surface area contributed by atoms with Gasteiger partial charge in [0.15, 0.2) is 0 Å². The molecule has 0 saturated carbocycles. The van der Waals surface area contributed by atoms with Crippen molar-refractivity contribution in [1.29, 1.82) is 0 Å². The lowest BCUT2D eigenvalue weighted by atomic mass is 9.83. The second-order valence-corrected chi connectivity index (χ2v) is 4.05. The van der Waals surface area contributed by atoms with Crippen molar-refractivity contribution in [1.82, 2.24) is 0 Å². The summed E-state index contributed by atoms with van der Waals surface area (Å²) < 4.78 is 18.3. The predicted molar refractivity (Wildman–Crippen MR) is 56.1 cm³/mol. The summed E-state index contributed by atoms with van der Waals surface area (Å²) in [5.74, 6) is -1.29. The third kappa shape index (κ3) is 1.87. The predicted octanol–water partition coefficient (Wildman–Crippen LogP) is 2.41. The van der Waals surface area contributed by atoms with Crippen molar-refractivity contribution in [3.05, 3.63) is 29.6 Å². The van der Waals surface area contributed by atoms with Gasteiger partial charge in [-0.25, -0.2) is 4.39 Å². The Balaban J connectivity index is 2.36. The fourth-order valence-corrected chi connectivity index (χ4v) is 2.08. The monoisotopic (exact) mass is 224 g/mol. The molecule has 1 aromatic carbocycles. The highest BCUT2D eigenvalue weighted by atomic mass is 19.1. The van der Waals surface area contributed by atoms with Gasteiger partial charge in [0.1, 0.15) is 11.6 Å². The van der Waals surface area contributed by atoms with Crippen LogP contribution in [0.15, 0.2) is 18.2 Å². The third-order valence-corrected chi connectivity index (χ3v) is 3.05. The molecule has 0 amide bonds. The van der Waals surface area contributed by atoms with Crippen molar-refractivity contribution in [3.63, 3.8) is 0 Å². The molecule has 1 N–H and O–H groups in total. The molecule has 2 unspecified atom stereocenters. The first kappa shape index (κ1) is 10.9. The summed E-state index contributed by atoms with van der Waals surface area (Å²) in [6.07, 6.45) is 0.659. The molecule has 3 nitrogen and oxygen atoms in total. The first-order chi connectivity index (χ1) is 7.59. The molecule has 0 aliphatic carbocycles. The van der Waals surface area contributed by atoms with Gasteiger partial charge in [-0.2, -0.15) is 0 Å². The van der Waals surface area contributed by atoms with Crippen LogP contribution in [0, 0.1) is 11.7 Å². The number of rotatable bonds is 2. The Morgan fingerprint density at radius 1 is 1.62 bits per heavy atom. The molecule has 16 heavy (non-hydrogen) atoms. The van der Waals surface area contributed by atoms with E-state index in [9.17, 15) is 9.18 Å². The van der Waals surface area contributed by atoms with Crippen LogP contribution in [0.1, 0.15) is 24.8 Å². The zero-order valence-corrected chi connectivity index (χ0v) is 8.94. The smallest absolute Gasteiger partial charge is 0.306 e. The fourth-order valence-electron chi connectivity index (χ4n) is 2.08. The number of carbonyl (C=O) groups is 1. The van der Waals surface area contributed by atoms with Gasteiger partial charge < -0.3 is 9.84 Å². The van der Waals surface area contributed by atoms with Gasteiger partial charge in [-0.05, 0) is 18.1 Å². The zero-order chi connectivity index (χ0) is 11.7. The number of carboxylic acid groups (broad SMARTS) is 1. The van der Waals surface area contributed by atoms with E-state index in [2.05, 4.69) is 0 Å². The van der Waals surface area contributed by atoms with E-state index in [1.165, 1.54) is 12.1 Å². The highest BCUT2D eigenvalue weighted by molar-refractivity contribution is 5.71. The average molecular weight is 224 g/mol. The van der Waals surface area contributed by atoms with Gasteiger partial charge in [-0.15, -0.1) is 0 Å². The van der Waals surface area contributed by atoms with E-state index >= 15 is 0 Å². The Morgan fingerprint density at radius 3 is 3.06 bits per heavy atom. The first-order valence-corrected chi connectivity index (χ1v) is 5.24. The van der Waals surface area contributed by atoms with Crippen molar-refractivity contribution >= 4 is 5.97 Å². The van der Waals surface area contributed by atoms with E-state index < -0.39 is 11.9 Å². The summed E-state index contributed by atoms with van der Waals surface area (Å²) in [4.78, 5) is 11.0. The Labute approximate surface area is 92.9 Å². The maximum atomic E-state index is 13.0. The highest BCUT2D eigenvalue weighted by Crippen LogP contribution is 2.38. The second kappa shape index (κ2) is 4.12. The average Bonchev–Trinajstić information content (AvgIpc) is 2.26. The van der Waals surface area contributed by atoms with Crippen LogP contribution < -0.4 is 4.74 Å². The zero-order valence-electron chi connectivity index (χ0n) is 8.94. The maximum Gasteiger partial charge on any atom is 0.306 e. The van der Waals surface area contributed by atoms with E-state index in [1.807, 2.05) is 0 Å². The van der Waals surface area contributed by atoms with E-state index in [1.54, 1.807) is 13.0 Å². The van der Waals surface area contributed by atoms with Gasteiger partial charge in [-0.1, -0.05) is 13.0 Å². The molecule has 0 fully saturated rings. The van der Waals surface area contributed by atoms with Gasteiger partial charge in [0.05, 0.1) is 12.5 Å². The van der Waals surface area contributed by atoms with Crippen molar-refractivity contribution in [2.75, 3.05) is 6.61 Å². The molecular formula is C12H13FO3. The number of fused-ring (bicyclic) bond motifs is 1. The van der Waals surface area contributed by atoms with Crippen molar-refractivity contribution in [3.8, 4) is 5.75 Å². The molecule has 1 aromatic rings. The van der Waals surface area contributed by atoms with Gasteiger partial charge in [0.25, 0.3) is 0 Å². The lowest BCUT2D eigenvalue weighted by Gasteiger charge is -2.28. The molecule has 2 rings (SSSR count). The van der Waals surface area contributed by atoms with Gasteiger partial charge in [0.2, 0.25) is 0 Å². The minimum absolute atomic E-state index is 0.0955. The van der Waals surface area contributed by atoms with Crippen molar-refractivity contribution in [2.45, 2.75) is 19.3 Å². The summed E-state index contributed by atoms with van der Waals surface area (Å²) >= 11 is 0. The first-order valence-electron chi connectivity index (χ1n) is 5.24. The second-order valence-electron chi connectivity index (χ2n) is 4.05.